The van der Waals surface area contributed by atoms with Crippen LogP contribution in [0.1, 0.15) is 0 Å². The van der Waals surface area contributed by atoms with Gasteiger partial charge in [-0.25, -0.2) is 0 Å². The van der Waals surface area contributed by atoms with E-state index in [1.54, 1.807) is 0 Å². The Labute approximate surface area is 95.8 Å². The zero-order valence-corrected chi connectivity index (χ0v) is 9.87. The number of rotatable bonds is 5. The minimum Gasteiger partial charge on any atom is -0.492 e. The van der Waals surface area contributed by atoms with Crippen LogP contribution in [-0.2, 0) is 0 Å². The number of ether oxygens (including phenoxy) is 1. The van der Waals surface area contributed by atoms with E-state index < -0.39 is 0 Å². The molecule has 1 atom stereocenters. The highest BCUT2D eigenvalue weighted by atomic mass is 35.5. The third kappa shape index (κ3) is 4.08. The molecule has 0 saturated carbocycles. The number of nitrogens with two attached hydrogens (primary N) is 1. The third-order valence-electron chi connectivity index (χ3n) is 2.26. The van der Waals surface area contributed by atoms with Crippen LogP contribution in [0.15, 0.2) is 24.3 Å². The maximum atomic E-state index is 5.77. The summed E-state index contributed by atoms with van der Waals surface area (Å²) >= 11 is 5.77. The van der Waals surface area contributed by atoms with Crippen LogP contribution in [0.3, 0.4) is 0 Å². The van der Waals surface area contributed by atoms with Crippen LogP contribution < -0.4 is 10.5 Å². The van der Waals surface area contributed by atoms with Crippen molar-refractivity contribution in [1.82, 2.24) is 4.90 Å². The number of likely N-dealkylation sites (N-methyl/N-ethyl adjacent to an activating group) is 1. The van der Waals surface area contributed by atoms with E-state index in [-0.39, 0.29) is 6.04 Å². The van der Waals surface area contributed by atoms with Gasteiger partial charge < -0.3 is 15.4 Å². The van der Waals surface area contributed by atoms with Gasteiger partial charge in [0.1, 0.15) is 12.4 Å². The SMILES string of the molecule is CN(C)C(CN)COc1ccc(Cl)cc1. The molecule has 0 saturated heterocycles. The Morgan fingerprint density at radius 3 is 2.40 bits per heavy atom. The molecular formula is C11H17ClN2O. The second kappa shape index (κ2) is 5.95. The fourth-order valence-corrected chi connectivity index (χ4v) is 1.28. The van der Waals surface area contributed by atoms with E-state index >= 15 is 0 Å². The quantitative estimate of drug-likeness (QED) is 0.832. The predicted molar refractivity (Wildman–Crippen MR) is 63.5 cm³/mol. The molecule has 0 aromatic heterocycles. The van der Waals surface area contributed by atoms with Crippen molar-refractivity contribution in [1.29, 1.82) is 0 Å². The number of nitrogens with zero attached hydrogens (tertiary/aromatic N) is 1. The van der Waals surface area contributed by atoms with Crippen LogP contribution in [0.5, 0.6) is 5.75 Å². The fraction of sp³-hybridized carbons (Fsp3) is 0.455. The molecule has 0 fully saturated rings. The van der Waals surface area contributed by atoms with E-state index in [9.17, 15) is 0 Å². The van der Waals surface area contributed by atoms with E-state index in [1.165, 1.54) is 0 Å². The van der Waals surface area contributed by atoms with Crippen molar-refractivity contribution >= 4 is 11.6 Å². The second-order valence-electron chi connectivity index (χ2n) is 3.62. The molecule has 2 N–H and O–H groups in total. The Kier molecular flexibility index (Phi) is 4.88. The molecule has 0 bridgehead atoms. The van der Waals surface area contributed by atoms with Gasteiger partial charge in [-0.1, -0.05) is 11.6 Å². The lowest BCUT2D eigenvalue weighted by molar-refractivity contribution is 0.190. The van der Waals surface area contributed by atoms with Crippen LogP contribution in [0, 0.1) is 0 Å². The highest BCUT2D eigenvalue weighted by molar-refractivity contribution is 6.30. The van der Waals surface area contributed by atoms with E-state index in [2.05, 4.69) is 4.90 Å². The Balaban J connectivity index is 2.45. The molecule has 0 aliphatic carbocycles. The van der Waals surface area contributed by atoms with Crippen LogP contribution in [-0.4, -0.2) is 38.2 Å². The molecule has 0 amide bonds. The summed E-state index contributed by atoms with van der Waals surface area (Å²) in [5.41, 5.74) is 5.62. The van der Waals surface area contributed by atoms with Crippen LogP contribution in [0.4, 0.5) is 0 Å². The second-order valence-corrected chi connectivity index (χ2v) is 4.05. The van der Waals surface area contributed by atoms with Gasteiger partial charge in [0.15, 0.2) is 0 Å². The van der Waals surface area contributed by atoms with Crippen molar-refractivity contribution in [3.05, 3.63) is 29.3 Å². The summed E-state index contributed by atoms with van der Waals surface area (Å²) in [6.45, 7) is 1.17. The van der Waals surface area contributed by atoms with Gasteiger partial charge in [-0.2, -0.15) is 0 Å². The van der Waals surface area contributed by atoms with Crippen LogP contribution in [0.2, 0.25) is 5.02 Å². The van der Waals surface area contributed by atoms with E-state index in [1.807, 2.05) is 38.4 Å². The van der Waals surface area contributed by atoms with Crippen LogP contribution >= 0.6 is 11.6 Å². The molecule has 0 spiro atoms. The number of hydrogen-bond donors (Lipinski definition) is 1. The maximum Gasteiger partial charge on any atom is 0.119 e. The Hall–Kier alpha value is -0.770. The molecule has 1 rings (SSSR count). The molecule has 0 aliphatic heterocycles. The lowest BCUT2D eigenvalue weighted by atomic mass is 10.3. The zero-order valence-electron chi connectivity index (χ0n) is 9.11. The molecule has 4 heteroatoms. The van der Waals surface area contributed by atoms with Gasteiger partial charge >= 0.3 is 0 Å². The Morgan fingerprint density at radius 1 is 1.33 bits per heavy atom. The number of benzene rings is 1. The molecule has 1 aromatic rings. The van der Waals surface area contributed by atoms with Gasteiger partial charge in [-0.3, -0.25) is 0 Å². The van der Waals surface area contributed by atoms with Gasteiger partial charge in [0.2, 0.25) is 0 Å². The highest BCUT2D eigenvalue weighted by Crippen LogP contribution is 2.15. The molecule has 15 heavy (non-hydrogen) atoms. The van der Waals surface area contributed by atoms with Crippen molar-refractivity contribution in [2.75, 3.05) is 27.2 Å². The molecule has 0 aliphatic rings. The lowest BCUT2D eigenvalue weighted by Gasteiger charge is -2.22. The van der Waals surface area contributed by atoms with Crippen molar-refractivity contribution in [3.8, 4) is 5.75 Å². The summed E-state index contributed by atoms with van der Waals surface area (Å²) in [7, 11) is 3.98. The van der Waals surface area contributed by atoms with Gasteiger partial charge in [0, 0.05) is 11.6 Å². The van der Waals surface area contributed by atoms with E-state index in [4.69, 9.17) is 22.1 Å². The van der Waals surface area contributed by atoms with Crippen LogP contribution in [0.25, 0.3) is 0 Å². The summed E-state index contributed by atoms with van der Waals surface area (Å²) < 4.78 is 5.60. The summed E-state index contributed by atoms with van der Waals surface area (Å²) in [6.07, 6.45) is 0. The van der Waals surface area contributed by atoms with Crippen molar-refractivity contribution in [2.24, 2.45) is 5.73 Å². The average molecular weight is 229 g/mol. The topological polar surface area (TPSA) is 38.5 Å². The third-order valence-corrected chi connectivity index (χ3v) is 2.51. The largest absolute Gasteiger partial charge is 0.492 e. The minimum atomic E-state index is 0.237. The fourth-order valence-electron chi connectivity index (χ4n) is 1.15. The van der Waals surface area contributed by atoms with E-state index in [0.717, 1.165) is 5.75 Å². The van der Waals surface area contributed by atoms with Gasteiger partial charge in [-0.15, -0.1) is 0 Å². The molecule has 84 valence electrons. The first-order valence-electron chi connectivity index (χ1n) is 4.88. The maximum absolute atomic E-state index is 5.77. The molecule has 3 nitrogen and oxygen atoms in total. The monoisotopic (exact) mass is 228 g/mol. The van der Waals surface area contributed by atoms with Gasteiger partial charge in [0.05, 0.1) is 6.04 Å². The Morgan fingerprint density at radius 2 is 1.93 bits per heavy atom. The summed E-state index contributed by atoms with van der Waals surface area (Å²) in [6, 6.07) is 7.56. The molecule has 0 heterocycles. The normalized spacial score (nSPS) is 12.9. The van der Waals surface area contributed by atoms with Crippen molar-refractivity contribution in [2.45, 2.75) is 6.04 Å². The summed E-state index contributed by atoms with van der Waals surface area (Å²) in [5.74, 6) is 0.819. The highest BCUT2D eigenvalue weighted by Gasteiger charge is 2.09. The molecule has 1 aromatic carbocycles. The molecular weight excluding hydrogens is 212 g/mol. The van der Waals surface area contributed by atoms with Crippen molar-refractivity contribution < 1.29 is 4.74 Å². The molecule has 0 radical (unpaired) electrons. The first kappa shape index (κ1) is 12.3. The predicted octanol–water partition coefficient (Wildman–Crippen LogP) is 1.61. The van der Waals surface area contributed by atoms with Gasteiger partial charge in [-0.05, 0) is 38.4 Å². The van der Waals surface area contributed by atoms with Crippen molar-refractivity contribution in [3.63, 3.8) is 0 Å². The van der Waals surface area contributed by atoms with E-state index in [0.29, 0.717) is 18.2 Å². The standard InChI is InChI=1S/C11H17ClN2O/c1-14(2)10(7-13)8-15-11-5-3-9(12)4-6-11/h3-6,10H,7-8,13H2,1-2H3. The average Bonchev–Trinajstić information content (AvgIpc) is 2.21. The smallest absolute Gasteiger partial charge is 0.119 e. The lowest BCUT2D eigenvalue weighted by Crippen LogP contribution is -2.39. The zero-order chi connectivity index (χ0) is 11.3. The Bertz CT molecular complexity index is 287. The first-order chi connectivity index (χ1) is 7.13. The first-order valence-corrected chi connectivity index (χ1v) is 5.26. The number of halogens is 1. The molecule has 1 unspecified atom stereocenters. The van der Waals surface area contributed by atoms with Gasteiger partial charge in [0.25, 0.3) is 0 Å². The summed E-state index contributed by atoms with van der Waals surface area (Å²) in [4.78, 5) is 2.05. The number of hydrogen-bond acceptors (Lipinski definition) is 3. The minimum absolute atomic E-state index is 0.237. The summed E-state index contributed by atoms with van der Waals surface area (Å²) in [5, 5.41) is 0.713.